The minimum Gasteiger partial charge on any atom is -0.479 e. The van der Waals surface area contributed by atoms with E-state index in [1.54, 1.807) is 20.8 Å². The van der Waals surface area contributed by atoms with Crippen molar-refractivity contribution in [2.24, 2.45) is 11.7 Å². The zero-order valence-corrected chi connectivity index (χ0v) is 9.24. The number of esters is 1. The number of carbonyl (C=O) groups excluding carboxylic acids is 1. The molecule has 1 saturated carbocycles. The molecular weight excluding hydrogens is 198 g/mol. The number of nitrogens with two attached hydrogens (primary N) is 1. The van der Waals surface area contributed by atoms with E-state index in [4.69, 9.17) is 15.6 Å². The Labute approximate surface area is 88.6 Å². The highest BCUT2D eigenvalue weighted by atomic mass is 16.6. The van der Waals surface area contributed by atoms with Crippen LogP contribution in [0.15, 0.2) is 0 Å². The standard InChI is InChI=1S/C10H17NO4/c1-9(2,3)15-8(14)10(11,7(12)13)6-4-5-6/h6H,4-5,11H2,1-3H3,(H,12,13). The van der Waals surface area contributed by atoms with E-state index in [0.717, 1.165) is 0 Å². The van der Waals surface area contributed by atoms with Crippen LogP contribution in [-0.4, -0.2) is 28.2 Å². The first-order chi connectivity index (χ1) is 6.68. The molecule has 0 aliphatic heterocycles. The second kappa shape index (κ2) is 3.48. The molecule has 0 saturated heterocycles. The molecule has 3 N–H and O–H groups in total. The first-order valence-electron chi connectivity index (χ1n) is 4.93. The predicted molar refractivity (Wildman–Crippen MR) is 53.1 cm³/mol. The Morgan fingerprint density at radius 2 is 1.80 bits per heavy atom. The van der Waals surface area contributed by atoms with Crippen LogP contribution in [0.5, 0.6) is 0 Å². The van der Waals surface area contributed by atoms with Gasteiger partial charge in [-0.25, -0.2) is 9.59 Å². The maximum absolute atomic E-state index is 11.7. The third kappa shape index (κ3) is 2.47. The number of carbonyl (C=O) groups is 2. The van der Waals surface area contributed by atoms with Gasteiger partial charge in [0.15, 0.2) is 0 Å². The van der Waals surface area contributed by atoms with Crippen LogP contribution in [-0.2, 0) is 14.3 Å². The average molecular weight is 215 g/mol. The molecule has 0 aromatic rings. The Balaban J connectivity index is 2.81. The van der Waals surface area contributed by atoms with Crippen molar-refractivity contribution in [3.05, 3.63) is 0 Å². The van der Waals surface area contributed by atoms with Crippen molar-refractivity contribution < 1.29 is 19.4 Å². The number of aliphatic carboxylic acids is 1. The molecule has 1 rings (SSSR count). The summed E-state index contributed by atoms with van der Waals surface area (Å²) < 4.78 is 5.02. The second-order valence-electron chi connectivity index (χ2n) is 4.95. The summed E-state index contributed by atoms with van der Waals surface area (Å²) in [5, 5.41) is 8.98. The molecule has 1 fully saturated rings. The largest absolute Gasteiger partial charge is 0.479 e. The van der Waals surface area contributed by atoms with Gasteiger partial charge in [-0.2, -0.15) is 0 Å². The molecule has 15 heavy (non-hydrogen) atoms. The summed E-state index contributed by atoms with van der Waals surface area (Å²) in [5.74, 6) is -2.44. The average Bonchev–Trinajstić information content (AvgIpc) is 2.80. The van der Waals surface area contributed by atoms with E-state index in [2.05, 4.69) is 0 Å². The molecule has 5 heteroatoms. The minimum absolute atomic E-state index is 0.287. The first kappa shape index (κ1) is 12.0. The van der Waals surface area contributed by atoms with Gasteiger partial charge >= 0.3 is 11.9 Å². The zero-order chi connectivity index (χ0) is 11.9. The van der Waals surface area contributed by atoms with Gasteiger partial charge in [-0.15, -0.1) is 0 Å². The van der Waals surface area contributed by atoms with E-state index < -0.39 is 23.1 Å². The highest BCUT2D eigenvalue weighted by Gasteiger charge is 2.56. The predicted octanol–water partition coefficient (Wildman–Crippen LogP) is 0.520. The number of rotatable bonds is 3. The molecular formula is C10H17NO4. The van der Waals surface area contributed by atoms with E-state index in [0.29, 0.717) is 12.8 Å². The van der Waals surface area contributed by atoms with Crippen molar-refractivity contribution in [3.63, 3.8) is 0 Å². The van der Waals surface area contributed by atoms with Gasteiger partial charge in [0, 0.05) is 0 Å². The van der Waals surface area contributed by atoms with E-state index in [1.165, 1.54) is 0 Å². The van der Waals surface area contributed by atoms with Crippen molar-refractivity contribution in [3.8, 4) is 0 Å². The van der Waals surface area contributed by atoms with Gasteiger partial charge in [-0.3, -0.25) is 0 Å². The van der Waals surface area contributed by atoms with Crippen molar-refractivity contribution in [2.75, 3.05) is 0 Å². The second-order valence-corrected chi connectivity index (χ2v) is 4.95. The number of hydrogen-bond acceptors (Lipinski definition) is 4. The van der Waals surface area contributed by atoms with Gasteiger partial charge in [-0.05, 0) is 39.5 Å². The summed E-state index contributed by atoms with van der Waals surface area (Å²) in [5.41, 5.74) is 3.04. The first-order valence-corrected chi connectivity index (χ1v) is 4.93. The van der Waals surface area contributed by atoms with Gasteiger partial charge in [-0.1, -0.05) is 0 Å². The number of carboxylic acid groups (broad SMARTS) is 1. The van der Waals surface area contributed by atoms with Crippen molar-refractivity contribution in [1.82, 2.24) is 0 Å². The molecule has 1 unspecified atom stereocenters. The Kier molecular flexibility index (Phi) is 2.78. The normalized spacial score (nSPS) is 20.5. The summed E-state index contributed by atoms with van der Waals surface area (Å²) in [6.45, 7) is 5.04. The van der Waals surface area contributed by atoms with Crippen LogP contribution < -0.4 is 5.73 Å². The quantitative estimate of drug-likeness (QED) is 0.529. The number of ether oxygens (including phenoxy) is 1. The number of carboxylic acids is 1. The molecule has 1 aliphatic rings. The van der Waals surface area contributed by atoms with E-state index >= 15 is 0 Å². The minimum atomic E-state index is -1.87. The molecule has 86 valence electrons. The highest BCUT2D eigenvalue weighted by molar-refractivity contribution is 6.04. The van der Waals surface area contributed by atoms with Gasteiger partial charge in [0.05, 0.1) is 0 Å². The van der Waals surface area contributed by atoms with Gasteiger partial charge < -0.3 is 15.6 Å². The van der Waals surface area contributed by atoms with Crippen molar-refractivity contribution in [1.29, 1.82) is 0 Å². The molecule has 5 nitrogen and oxygen atoms in total. The van der Waals surface area contributed by atoms with E-state index in [9.17, 15) is 9.59 Å². The fourth-order valence-electron chi connectivity index (χ4n) is 1.33. The molecule has 0 aromatic carbocycles. The third-order valence-electron chi connectivity index (χ3n) is 2.31. The SMILES string of the molecule is CC(C)(C)OC(=O)C(N)(C(=O)O)C1CC1. The molecule has 1 atom stereocenters. The van der Waals surface area contributed by atoms with Crippen LogP contribution >= 0.6 is 0 Å². The van der Waals surface area contributed by atoms with E-state index in [-0.39, 0.29) is 5.92 Å². The summed E-state index contributed by atoms with van der Waals surface area (Å²) in [7, 11) is 0. The van der Waals surface area contributed by atoms with Gasteiger partial charge in [0.1, 0.15) is 5.60 Å². The monoisotopic (exact) mass is 215 g/mol. The fourth-order valence-corrected chi connectivity index (χ4v) is 1.33. The third-order valence-corrected chi connectivity index (χ3v) is 2.31. The fraction of sp³-hybridized carbons (Fsp3) is 0.800. The Morgan fingerprint density at radius 3 is 2.07 bits per heavy atom. The molecule has 0 radical (unpaired) electrons. The lowest BCUT2D eigenvalue weighted by Crippen LogP contribution is -2.58. The van der Waals surface area contributed by atoms with Crippen LogP contribution in [0.4, 0.5) is 0 Å². The lowest BCUT2D eigenvalue weighted by molar-refractivity contribution is -0.170. The lowest BCUT2D eigenvalue weighted by atomic mass is 9.94. The van der Waals surface area contributed by atoms with Crippen LogP contribution in [0.3, 0.4) is 0 Å². The maximum Gasteiger partial charge on any atom is 0.338 e. The smallest absolute Gasteiger partial charge is 0.338 e. The van der Waals surface area contributed by atoms with E-state index in [1.807, 2.05) is 0 Å². The topological polar surface area (TPSA) is 89.6 Å². The molecule has 1 aliphatic carbocycles. The summed E-state index contributed by atoms with van der Waals surface area (Å²) >= 11 is 0. The van der Waals surface area contributed by atoms with Crippen LogP contribution in [0.25, 0.3) is 0 Å². The van der Waals surface area contributed by atoms with Crippen molar-refractivity contribution >= 4 is 11.9 Å². The van der Waals surface area contributed by atoms with Crippen molar-refractivity contribution in [2.45, 2.75) is 44.8 Å². The van der Waals surface area contributed by atoms with Gasteiger partial charge in [0.25, 0.3) is 0 Å². The summed E-state index contributed by atoms with van der Waals surface area (Å²) in [6.07, 6.45) is 1.34. The summed E-state index contributed by atoms with van der Waals surface area (Å²) in [6, 6.07) is 0. The highest BCUT2D eigenvalue weighted by Crippen LogP contribution is 2.39. The molecule has 0 bridgehead atoms. The molecule has 0 amide bonds. The van der Waals surface area contributed by atoms with Crippen LogP contribution in [0.1, 0.15) is 33.6 Å². The van der Waals surface area contributed by atoms with Crippen LogP contribution in [0.2, 0.25) is 0 Å². The Bertz CT molecular complexity index is 290. The maximum atomic E-state index is 11.7. The molecule has 0 aromatic heterocycles. The molecule has 0 spiro atoms. The Hall–Kier alpha value is -1.10. The van der Waals surface area contributed by atoms with Gasteiger partial charge in [0.2, 0.25) is 5.54 Å². The molecule has 0 heterocycles. The Morgan fingerprint density at radius 1 is 1.33 bits per heavy atom. The lowest BCUT2D eigenvalue weighted by Gasteiger charge is -2.27. The number of hydrogen-bond donors (Lipinski definition) is 2. The zero-order valence-electron chi connectivity index (χ0n) is 9.24. The summed E-state index contributed by atoms with van der Waals surface area (Å²) in [4.78, 5) is 22.7. The van der Waals surface area contributed by atoms with Crippen LogP contribution in [0, 0.1) is 5.92 Å².